The number of non-ortho nitro benzene ring substituents is 2. The van der Waals surface area contributed by atoms with E-state index < -0.39 is 21.7 Å². The van der Waals surface area contributed by atoms with E-state index in [1.54, 1.807) is 0 Å². The molecule has 0 saturated heterocycles. The van der Waals surface area contributed by atoms with E-state index in [2.05, 4.69) is 20.8 Å². The lowest BCUT2D eigenvalue weighted by molar-refractivity contribution is -0.385. The van der Waals surface area contributed by atoms with Crippen LogP contribution in [0.3, 0.4) is 0 Å². The maximum absolute atomic E-state index is 12.1. The summed E-state index contributed by atoms with van der Waals surface area (Å²) in [4.78, 5) is 48.5. The predicted molar refractivity (Wildman–Crippen MR) is 109 cm³/mol. The Morgan fingerprint density at radius 1 is 0.969 bits per heavy atom. The number of rotatable bonds is 8. The Hall–Kier alpha value is -4.39. The van der Waals surface area contributed by atoms with E-state index in [4.69, 9.17) is 16.1 Å². The Balaban J connectivity index is 1.53. The van der Waals surface area contributed by atoms with E-state index in [1.807, 2.05) is 0 Å². The number of hydrogen-bond acceptors (Lipinski definition) is 9. The molecule has 0 aliphatic carbocycles. The van der Waals surface area contributed by atoms with Gasteiger partial charge in [0.25, 0.3) is 17.3 Å². The van der Waals surface area contributed by atoms with E-state index in [0.717, 1.165) is 12.1 Å². The Morgan fingerprint density at radius 3 is 2.28 bits per heavy atom. The molecule has 0 aliphatic rings. The van der Waals surface area contributed by atoms with Gasteiger partial charge < -0.3 is 15.2 Å². The van der Waals surface area contributed by atoms with Crippen LogP contribution in [-0.2, 0) is 0 Å². The van der Waals surface area contributed by atoms with Crippen LogP contribution in [-0.4, -0.2) is 44.9 Å². The number of benzene rings is 2. The molecule has 2 amide bonds. The minimum atomic E-state index is -0.711. The van der Waals surface area contributed by atoms with Gasteiger partial charge in [-0.1, -0.05) is 28.9 Å². The van der Waals surface area contributed by atoms with Gasteiger partial charge in [-0.15, -0.1) is 0 Å². The number of halogens is 1. The maximum Gasteiger partial charge on any atom is 0.316 e. The largest absolute Gasteiger partial charge is 0.350 e. The smallest absolute Gasteiger partial charge is 0.316 e. The SMILES string of the molecule is O=C(NCCNC(=O)c1ccc([N+](=O)[O-])cc1Cl)c1nc(-c2cccc([N+](=O)[O-])c2)no1. The number of carbonyl (C=O) groups excluding carboxylic acids is 2. The van der Waals surface area contributed by atoms with Crippen molar-refractivity contribution in [3.05, 3.63) is 79.2 Å². The summed E-state index contributed by atoms with van der Waals surface area (Å²) in [6.45, 7) is 0.0213. The Kier molecular flexibility index (Phi) is 6.70. The number of nitro benzene ring substituents is 2. The molecule has 0 unspecified atom stereocenters. The fourth-order valence-electron chi connectivity index (χ4n) is 2.52. The lowest BCUT2D eigenvalue weighted by Crippen LogP contribution is -2.34. The predicted octanol–water partition coefficient (Wildman–Crippen LogP) is 2.37. The number of nitrogens with one attached hydrogen (secondary N) is 2. The molecule has 0 bridgehead atoms. The molecule has 2 N–H and O–H groups in total. The van der Waals surface area contributed by atoms with E-state index in [0.29, 0.717) is 5.56 Å². The number of carbonyl (C=O) groups is 2. The molecule has 2 aromatic carbocycles. The highest BCUT2D eigenvalue weighted by Gasteiger charge is 2.18. The monoisotopic (exact) mass is 460 g/mol. The van der Waals surface area contributed by atoms with Gasteiger partial charge in [0.05, 0.1) is 20.4 Å². The molecule has 0 atom stereocenters. The van der Waals surface area contributed by atoms with Gasteiger partial charge in [-0.05, 0) is 6.07 Å². The first kappa shape index (κ1) is 22.3. The summed E-state index contributed by atoms with van der Waals surface area (Å²) in [5.41, 5.74) is -0.0682. The summed E-state index contributed by atoms with van der Waals surface area (Å²) >= 11 is 5.89. The number of nitrogens with zero attached hydrogens (tertiary/aromatic N) is 4. The molecular weight excluding hydrogens is 448 g/mol. The van der Waals surface area contributed by atoms with Gasteiger partial charge >= 0.3 is 11.8 Å². The van der Waals surface area contributed by atoms with Crippen LogP contribution in [0.25, 0.3) is 11.4 Å². The van der Waals surface area contributed by atoms with E-state index in [-0.39, 0.29) is 46.8 Å². The molecule has 3 rings (SSSR count). The zero-order valence-electron chi connectivity index (χ0n) is 16.0. The summed E-state index contributed by atoms with van der Waals surface area (Å²) in [7, 11) is 0. The van der Waals surface area contributed by atoms with Crippen LogP contribution in [0.5, 0.6) is 0 Å². The number of amides is 2. The van der Waals surface area contributed by atoms with Gasteiger partial charge in [-0.3, -0.25) is 29.8 Å². The Bertz CT molecular complexity index is 1210. The first-order valence-corrected chi connectivity index (χ1v) is 9.23. The average Bonchev–Trinajstić information content (AvgIpc) is 3.27. The summed E-state index contributed by atoms with van der Waals surface area (Å²) in [5.74, 6) is -1.65. The minimum absolute atomic E-state index is 0.0000318. The van der Waals surface area contributed by atoms with Crippen LogP contribution in [0, 0.1) is 20.2 Å². The minimum Gasteiger partial charge on any atom is -0.350 e. The van der Waals surface area contributed by atoms with Crippen molar-refractivity contribution in [3.8, 4) is 11.4 Å². The first-order chi connectivity index (χ1) is 15.3. The molecule has 0 radical (unpaired) electrons. The van der Waals surface area contributed by atoms with Gasteiger partial charge in [0.15, 0.2) is 0 Å². The molecule has 0 spiro atoms. The van der Waals surface area contributed by atoms with Gasteiger partial charge in [0, 0.05) is 42.9 Å². The van der Waals surface area contributed by atoms with Crippen molar-refractivity contribution >= 4 is 34.8 Å². The number of aromatic nitrogens is 2. The average molecular weight is 461 g/mol. The summed E-state index contributed by atoms with van der Waals surface area (Å²) in [6, 6.07) is 8.95. The van der Waals surface area contributed by atoms with Crippen molar-refractivity contribution in [2.24, 2.45) is 0 Å². The van der Waals surface area contributed by atoms with Crippen LogP contribution >= 0.6 is 11.6 Å². The van der Waals surface area contributed by atoms with Crippen LogP contribution in [0.1, 0.15) is 21.0 Å². The van der Waals surface area contributed by atoms with E-state index >= 15 is 0 Å². The fraction of sp³-hybridized carbons (Fsp3) is 0.111. The molecule has 14 heteroatoms. The Morgan fingerprint density at radius 2 is 1.62 bits per heavy atom. The highest BCUT2D eigenvalue weighted by atomic mass is 35.5. The molecule has 0 fully saturated rings. The van der Waals surface area contributed by atoms with Gasteiger partial charge in [0.1, 0.15) is 0 Å². The normalized spacial score (nSPS) is 10.4. The molecule has 32 heavy (non-hydrogen) atoms. The third-order valence-electron chi connectivity index (χ3n) is 4.04. The van der Waals surface area contributed by atoms with Crippen molar-refractivity contribution < 1.29 is 24.0 Å². The summed E-state index contributed by atoms with van der Waals surface area (Å²) in [6.07, 6.45) is 0. The molecule has 13 nitrogen and oxygen atoms in total. The van der Waals surface area contributed by atoms with Crippen molar-refractivity contribution in [2.45, 2.75) is 0 Å². The lowest BCUT2D eigenvalue weighted by Gasteiger charge is -2.07. The Labute approximate surface area is 183 Å². The third kappa shape index (κ3) is 5.20. The number of hydrogen-bond donors (Lipinski definition) is 2. The van der Waals surface area contributed by atoms with Gasteiger partial charge in [-0.2, -0.15) is 4.98 Å². The molecule has 0 aliphatic heterocycles. The van der Waals surface area contributed by atoms with E-state index in [1.165, 1.54) is 30.3 Å². The van der Waals surface area contributed by atoms with E-state index in [9.17, 15) is 29.8 Å². The standard InChI is InChI=1S/C18H13ClN6O7/c19-14-9-12(25(30)31)4-5-13(14)16(26)20-6-7-21-17(27)18-22-15(23-32-18)10-2-1-3-11(8-10)24(28)29/h1-5,8-9H,6-7H2,(H,20,26)(H,21,27). The second-order valence-corrected chi connectivity index (χ2v) is 6.57. The molecule has 1 heterocycles. The topological polar surface area (TPSA) is 183 Å². The molecule has 1 aromatic heterocycles. The summed E-state index contributed by atoms with van der Waals surface area (Å²) in [5, 5.41) is 30.1. The highest BCUT2D eigenvalue weighted by Crippen LogP contribution is 2.23. The van der Waals surface area contributed by atoms with Crippen molar-refractivity contribution in [1.29, 1.82) is 0 Å². The molecular formula is C18H13ClN6O7. The molecule has 164 valence electrons. The van der Waals surface area contributed by atoms with Gasteiger partial charge in [-0.25, -0.2) is 0 Å². The second kappa shape index (κ2) is 9.61. The van der Waals surface area contributed by atoms with Gasteiger partial charge in [0.2, 0.25) is 5.82 Å². The number of nitro groups is 2. The maximum atomic E-state index is 12.1. The fourth-order valence-corrected chi connectivity index (χ4v) is 2.78. The molecule has 0 saturated carbocycles. The lowest BCUT2D eigenvalue weighted by atomic mass is 10.2. The second-order valence-electron chi connectivity index (χ2n) is 6.16. The van der Waals surface area contributed by atoms with Crippen LogP contribution in [0.15, 0.2) is 47.0 Å². The quantitative estimate of drug-likeness (QED) is 0.289. The summed E-state index contributed by atoms with van der Waals surface area (Å²) < 4.78 is 4.87. The van der Waals surface area contributed by atoms with Crippen molar-refractivity contribution in [2.75, 3.05) is 13.1 Å². The van der Waals surface area contributed by atoms with Crippen LogP contribution in [0.4, 0.5) is 11.4 Å². The van der Waals surface area contributed by atoms with Crippen LogP contribution in [0.2, 0.25) is 5.02 Å². The van der Waals surface area contributed by atoms with Crippen molar-refractivity contribution in [1.82, 2.24) is 20.8 Å². The molecule has 3 aromatic rings. The zero-order valence-corrected chi connectivity index (χ0v) is 16.7. The zero-order chi connectivity index (χ0) is 23.3. The first-order valence-electron chi connectivity index (χ1n) is 8.85. The van der Waals surface area contributed by atoms with Crippen LogP contribution < -0.4 is 10.6 Å². The third-order valence-corrected chi connectivity index (χ3v) is 4.35. The highest BCUT2D eigenvalue weighted by molar-refractivity contribution is 6.34. The van der Waals surface area contributed by atoms with Crippen molar-refractivity contribution in [3.63, 3.8) is 0 Å².